The number of carboxylic acids is 1. The molecule has 0 spiro atoms. The Hall–Kier alpha value is -2.02. The molecule has 0 saturated heterocycles. The average Bonchev–Trinajstić information content (AvgIpc) is 2.99. The number of aliphatic hydroxyl groups excluding tert-OH is 2. The highest BCUT2D eigenvalue weighted by atomic mass is 16.5. The Morgan fingerprint density at radius 1 is 1.23 bits per heavy atom. The van der Waals surface area contributed by atoms with Crippen molar-refractivity contribution in [3.8, 4) is 0 Å². The number of hydrogen-bond acceptors (Lipinski definition) is 5. The van der Waals surface area contributed by atoms with Crippen LogP contribution in [0.15, 0.2) is 36.4 Å². The first kappa shape index (κ1) is 25.2. The summed E-state index contributed by atoms with van der Waals surface area (Å²) in [4.78, 5) is 22.9. The van der Waals surface area contributed by atoms with Crippen LogP contribution in [0.5, 0.6) is 0 Å². The number of carboxylic acid groups (broad SMARTS) is 1. The minimum Gasteiger partial charge on any atom is -0.481 e. The van der Waals surface area contributed by atoms with Crippen molar-refractivity contribution in [2.24, 2.45) is 11.8 Å². The standard InChI is InChI=1S/C25H36O6/c1-31-14-13-18-7-6-8-19(15-18)16-20(26)11-12-22-21(23(27)17-24(22)28)9-4-2-3-5-10-25(29)30/h6-8,11-12,15,20-22,24,26,28H,2-5,9-10,13-14,16-17H2,1H3,(H,29,30)/t20?,21-,22-,24-/m1/s1. The van der Waals surface area contributed by atoms with Crippen LogP contribution < -0.4 is 0 Å². The Bertz CT molecular complexity index is 728. The summed E-state index contributed by atoms with van der Waals surface area (Å²) >= 11 is 0. The summed E-state index contributed by atoms with van der Waals surface area (Å²) < 4.78 is 5.11. The van der Waals surface area contributed by atoms with Crippen LogP contribution in [0.2, 0.25) is 0 Å². The minimum atomic E-state index is -0.778. The first-order valence-electron chi connectivity index (χ1n) is 11.3. The van der Waals surface area contributed by atoms with E-state index in [9.17, 15) is 19.8 Å². The van der Waals surface area contributed by atoms with Crippen molar-refractivity contribution >= 4 is 11.8 Å². The molecular formula is C25H36O6. The van der Waals surface area contributed by atoms with Crippen LogP contribution in [0, 0.1) is 11.8 Å². The SMILES string of the molecule is COCCc1cccc(CC(O)C=C[C@H]2[C@H](O)CC(=O)[C@@H]2CCCCCCC(=O)O)c1. The van der Waals surface area contributed by atoms with E-state index in [0.29, 0.717) is 25.9 Å². The molecule has 1 aliphatic rings. The number of hydrogen-bond donors (Lipinski definition) is 3. The lowest BCUT2D eigenvalue weighted by Gasteiger charge is -2.18. The number of ketones is 1. The molecule has 0 aliphatic heterocycles. The van der Waals surface area contributed by atoms with Gasteiger partial charge in [0.05, 0.1) is 18.8 Å². The van der Waals surface area contributed by atoms with Crippen molar-refractivity contribution < 1.29 is 29.6 Å². The summed E-state index contributed by atoms with van der Waals surface area (Å²) in [7, 11) is 1.67. The second kappa shape index (κ2) is 13.4. The molecule has 172 valence electrons. The number of rotatable bonds is 14. The largest absolute Gasteiger partial charge is 0.481 e. The van der Waals surface area contributed by atoms with Crippen LogP contribution in [0.4, 0.5) is 0 Å². The van der Waals surface area contributed by atoms with E-state index in [-0.39, 0.29) is 30.5 Å². The fourth-order valence-corrected chi connectivity index (χ4v) is 4.28. The van der Waals surface area contributed by atoms with E-state index in [1.807, 2.05) is 24.3 Å². The van der Waals surface area contributed by atoms with Gasteiger partial charge in [-0.3, -0.25) is 9.59 Å². The number of aliphatic hydroxyl groups is 2. The third kappa shape index (κ3) is 8.93. The fraction of sp³-hybridized carbons (Fsp3) is 0.600. The number of aliphatic carboxylic acids is 1. The number of unbranched alkanes of at least 4 members (excludes halogenated alkanes) is 3. The maximum atomic E-state index is 12.3. The molecule has 2 rings (SSSR count). The molecule has 4 atom stereocenters. The van der Waals surface area contributed by atoms with Gasteiger partial charge in [0.2, 0.25) is 0 Å². The summed E-state index contributed by atoms with van der Waals surface area (Å²) in [6.45, 7) is 0.653. The van der Waals surface area contributed by atoms with Crippen molar-refractivity contribution in [3.63, 3.8) is 0 Å². The maximum absolute atomic E-state index is 12.3. The third-order valence-corrected chi connectivity index (χ3v) is 5.98. The summed E-state index contributed by atoms with van der Waals surface area (Å²) in [5.41, 5.74) is 2.20. The van der Waals surface area contributed by atoms with Crippen molar-refractivity contribution in [3.05, 3.63) is 47.5 Å². The smallest absolute Gasteiger partial charge is 0.303 e. The molecule has 0 aromatic heterocycles. The molecule has 0 radical (unpaired) electrons. The van der Waals surface area contributed by atoms with Gasteiger partial charge in [-0.1, -0.05) is 55.7 Å². The summed E-state index contributed by atoms with van der Waals surface area (Å²) in [6.07, 6.45) is 7.66. The predicted octanol–water partition coefficient (Wildman–Crippen LogP) is 3.33. The third-order valence-electron chi connectivity index (χ3n) is 5.98. The van der Waals surface area contributed by atoms with E-state index in [4.69, 9.17) is 9.84 Å². The normalized spacial score (nSPS) is 22.3. The zero-order valence-electron chi connectivity index (χ0n) is 18.4. The van der Waals surface area contributed by atoms with Gasteiger partial charge in [0.25, 0.3) is 0 Å². The van der Waals surface area contributed by atoms with Crippen molar-refractivity contribution in [1.82, 2.24) is 0 Å². The number of methoxy groups -OCH3 is 1. The van der Waals surface area contributed by atoms with Gasteiger partial charge in [-0.25, -0.2) is 0 Å². The van der Waals surface area contributed by atoms with Gasteiger partial charge < -0.3 is 20.1 Å². The highest BCUT2D eigenvalue weighted by Gasteiger charge is 2.39. The van der Waals surface area contributed by atoms with E-state index in [2.05, 4.69) is 6.07 Å². The number of ether oxygens (including phenoxy) is 1. The van der Waals surface area contributed by atoms with Gasteiger partial charge in [0, 0.05) is 38.2 Å². The van der Waals surface area contributed by atoms with Crippen LogP contribution in [0.1, 0.15) is 56.1 Å². The Morgan fingerprint density at radius 3 is 2.71 bits per heavy atom. The molecule has 1 aromatic rings. The van der Waals surface area contributed by atoms with Crippen LogP contribution in [0.25, 0.3) is 0 Å². The molecule has 6 heteroatoms. The number of carbonyl (C=O) groups excluding carboxylic acids is 1. The lowest BCUT2D eigenvalue weighted by molar-refractivity contribution is -0.137. The van der Waals surface area contributed by atoms with Gasteiger partial charge >= 0.3 is 5.97 Å². The molecule has 1 aliphatic carbocycles. The topological polar surface area (TPSA) is 104 Å². The van der Waals surface area contributed by atoms with Crippen LogP contribution in [-0.4, -0.2) is 53.0 Å². The Morgan fingerprint density at radius 2 is 1.97 bits per heavy atom. The second-order valence-electron chi connectivity index (χ2n) is 8.49. The van der Waals surface area contributed by atoms with E-state index < -0.39 is 18.2 Å². The van der Waals surface area contributed by atoms with Crippen molar-refractivity contribution in [2.75, 3.05) is 13.7 Å². The van der Waals surface area contributed by atoms with Gasteiger partial charge in [-0.05, 0) is 30.4 Å². The van der Waals surface area contributed by atoms with Gasteiger partial charge in [0.1, 0.15) is 5.78 Å². The Kier molecular flexibility index (Phi) is 10.9. The first-order chi connectivity index (χ1) is 14.9. The molecule has 0 bridgehead atoms. The summed E-state index contributed by atoms with van der Waals surface area (Å²) in [5.74, 6) is -1.20. The van der Waals surface area contributed by atoms with Crippen LogP contribution in [0.3, 0.4) is 0 Å². The molecule has 3 N–H and O–H groups in total. The number of benzene rings is 1. The molecule has 31 heavy (non-hydrogen) atoms. The lowest BCUT2D eigenvalue weighted by atomic mass is 9.88. The molecule has 6 nitrogen and oxygen atoms in total. The van der Waals surface area contributed by atoms with Crippen molar-refractivity contribution in [1.29, 1.82) is 0 Å². The zero-order valence-corrected chi connectivity index (χ0v) is 18.4. The zero-order chi connectivity index (χ0) is 22.6. The molecule has 1 unspecified atom stereocenters. The monoisotopic (exact) mass is 432 g/mol. The van der Waals surface area contributed by atoms with Gasteiger partial charge in [-0.15, -0.1) is 0 Å². The quantitative estimate of drug-likeness (QED) is 0.308. The van der Waals surface area contributed by atoms with Gasteiger partial charge in [0.15, 0.2) is 0 Å². The Labute approximate surface area is 184 Å². The van der Waals surface area contributed by atoms with Crippen LogP contribution >= 0.6 is 0 Å². The minimum absolute atomic E-state index is 0.0769. The molecule has 1 fully saturated rings. The Balaban J connectivity index is 1.85. The first-order valence-corrected chi connectivity index (χ1v) is 11.3. The molecule has 0 amide bonds. The van der Waals surface area contributed by atoms with Gasteiger partial charge in [-0.2, -0.15) is 0 Å². The predicted molar refractivity (Wildman–Crippen MR) is 119 cm³/mol. The average molecular weight is 433 g/mol. The maximum Gasteiger partial charge on any atom is 0.303 e. The highest BCUT2D eigenvalue weighted by molar-refractivity contribution is 5.84. The molecule has 1 saturated carbocycles. The lowest BCUT2D eigenvalue weighted by Crippen LogP contribution is -2.19. The summed E-state index contributed by atoms with van der Waals surface area (Å²) in [6, 6.07) is 8.06. The van der Waals surface area contributed by atoms with E-state index in [1.54, 1.807) is 13.2 Å². The molecule has 1 aromatic carbocycles. The van der Waals surface area contributed by atoms with Crippen LogP contribution in [-0.2, 0) is 27.2 Å². The number of Topliss-reactive ketones (excluding diaryl/α,β-unsaturated/α-hetero) is 1. The van der Waals surface area contributed by atoms with E-state index in [1.165, 1.54) is 0 Å². The van der Waals surface area contributed by atoms with Crippen molar-refractivity contribution in [2.45, 2.75) is 70.0 Å². The molecule has 0 heterocycles. The van der Waals surface area contributed by atoms with E-state index >= 15 is 0 Å². The number of carbonyl (C=O) groups is 2. The second-order valence-corrected chi connectivity index (χ2v) is 8.49. The highest BCUT2D eigenvalue weighted by Crippen LogP contribution is 2.34. The molecular weight excluding hydrogens is 396 g/mol. The summed E-state index contributed by atoms with van der Waals surface area (Å²) in [5, 5.41) is 29.5. The van der Waals surface area contributed by atoms with E-state index in [0.717, 1.165) is 36.8 Å². The fourth-order valence-electron chi connectivity index (χ4n) is 4.28.